The van der Waals surface area contributed by atoms with Crippen LogP contribution in [0.2, 0.25) is 15.1 Å². The standard InChI is InChI=1S/C12H14Cl3NO2/c1-12(2,6-17)5-16-11(18)9-7(13)3-4-8(14)10(9)15/h3-4,17H,5-6H2,1-2H3,(H,16,18). The average molecular weight is 311 g/mol. The Kier molecular flexibility index (Phi) is 5.29. The van der Waals surface area contributed by atoms with Crippen LogP contribution in [0.3, 0.4) is 0 Å². The Morgan fingerprint density at radius 2 is 1.83 bits per heavy atom. The van der Waals surface area contributed by atoms with Gasteiger partial charge in [-0.15, -0.1) is 0 Å². The van der Waals surface area contributed by atoms with Gasteiger partial charge in [0.15, 0.2) is 0 Å². The van der Waals surface area contributed by atoms with Crippen LogP contribution in [0.15, 0.2) is 12.1 Å². The Morgan fingerprint density at radius 3 is 2.39 bits per heavy atom. The molecule has 0 aliphatic carbocycles. The Hall–Kier alpha value is -0.480. The molecular weight excluding hydrogens is 296 g/mol. The highest BCUT2D eigenvalue weighted by Gasteiger charge is 2.21. The van der Waals surface area contributed by atoms with Crippen molar-refractivity contribution in [1.82, 2.24) is 5.32 Å². The molecule has 1 rings (SSSR count). The van der Waals surface area contributed by atoms with Crippen molar-refractivity contribution in [2.75, 3.05) is 13.2 Å². The summed E-state index contributed by atoms with van der Waals surface area (Å²) in [6, 6.07) is 3.04. The molecule has 6 heteroatoms. The zero-order valence-corrected chi connectivity index (χ0v) is 12.3. The lowest BCUT2D eigenvalue weighted by Crippen LogP contribution is -2.36. The second-order valence-corrected chi connectivity index (χ2v) is 5.92. The Labute approximate surface area is 121 Å². The number of rotatable bonds is 4. The molecule has 0 saturated heterocycles. The molecule has 100 valence electrons. The van der Waals surface area contributed by atoms with Crippen molar-refractivity contribution in [3.63, 3.8) is 0 Å². The fourth-order valence-corrected chi connectivity index (χ4v) is 1.90. The fraction of sp³-hybridized carbons (Fsp3) is 0.417. The zero-order valence-electron chi connectivity index (χ0n) is 10.1. The lowest BCUT2D eigenvalue weighted by Gasteiger charge is -2.22. The van der Waals surface area contributed by atoms with E-state index in [1.807, 2.05) is 13.8 Å². The number of amides is 1. The van der Waals surface area contributed by atoms with Gasteiger partial charge in [-0.3, -0.25) is 4.79 Å². The molecule has 0 aromatic heterocycles. The van der Waals surface area contributed by atoms with Gasteiger partial charge in [0.25, 0.3) is 5.91 Å². The largest absolute Gasteiger partial charge is 0.396 e. The van der Waals surface area contributed by atoms with Crippen LogP contribution in [0.25, 0.3) is 0 Å². The van der Waals surface area contributed by atoms with Crippen molar-refractivity contribution in [3.8, 4) is 0 Å². The number of aliphatic hydroxyl groups excluding tert-OH is 1. The molecular formula is C12H14Cl3NO2. The number of halogens is 3. The third kappa shape index (κ3) is 3.75. The predicted octanol–water partition coefficient (Wildman–Crippen LogP) is 3.40. The molecule has 0 radical (unpaired) electrons. The fourth-order valence-electron chi connectivity index (χ4n) is 1.20. The number of hydrogen-bond acceptors (Lipinski definition) is 2. The molecule has 0 heterocycles. The number of aliphatic hydroxyl groups is 1. The van der Waals surface area contributed by atoms with Crippen LogP contribution in [0.4, 0.5) is 0 Å². The second-order valence-electron chi connectivity index (χ2n) is 4.72. The molecule has 0 bridgehead atoms. The summed E-state index contributed by atoms with van der Waals surface area (Å²) in [5.74, 6) is -0.408. The lowest BCUT2D eigenvalue weighted by atomic mass is 9.95. The normalized spacial score (nSPS) is 11.4. The first-order valence-electron chi connectivity index (χ1n) is 5.31. The highest BCUT2D eigenvalue weighted by atomic mass is 35.5. The minimum absolute atomic E-state index is 0.0374. The van der Waals surface area contributed by atoms with Gasteiger partial charge in [0.05, 0.1) is 20.6 Å². The van der Waals surface area contributed by atoms with Crippen LogP contribution in [-0.4, -0.2) is 24.2 Å². The van der Waals surface area contributed by atoms with Gasteiger partial charge in [-0.2, -0.15) is 0 Å². The van der Waals surface area contributed by atoms with E-state index in [4.69, 9.17) is 39.9 Å². The predicted molar refractivity (Wildman–Crippen MR) is 74.7 cm³/mol. The average Bonchev–Trinajstić information content (AvgIpc) is 2.32. The van der Waals surface area contributed by atoms with Gasteiger partial charge >= 0.3 is 0 Å². The van der Waals surface area contributed by atoms with Gasteiger partial charge in [-0.1, -0.05) is 48.7 Å². The number of carbonyl (C=O) groups is 1. The van der Waals surface area contributed by atoms with E-state index in [0.717, 1.165) is 0 Å². The molecule has 0 saturated carbocycles. The monoisotopic (exact) mass is 309 g/mol. The molecule has 1 aromatic carbocycles. The summed E-state index contributed by atoms with van der Waals surface area (Å²) in [6.45, 7) is 3.93. The molecule has 18 heavy (non-hydrogen) atoms. The van der Waals surface area contributed by atoms with Gasteiger partial charge < -0.3 is 10.4 Å². The summed E-state index contributed by atoms with van der Waals surface area (Å²) >= 11 is 17.7. The first-order valence-corrected chi connectivity index (χ1v) is 6.44. The highest BCUT2D eigenvalue weighted by Crippen LogP contribution is 2.31. The quantitative estimate of drug-likeness (QED) is 0.837. The minimum Gasteiger partial charge on any atom is -0.396 e. The van der Waals surface area contributed by atoms with E-state index < -0.39 is 11.3 Å². The minimum atomic E-state index is -0.410. The van der Waals surface area contributed by atoms with Gasteiger partial charge in [0.1, 0.15) is 0 Å². The third-order valence-electron chi connectivity index (χ3n) is 2.43. The van der Waals surface area contributed by atoms with Crippen molar-refractivity contribution in [1.29, 1.82) is 0 Å². The molecule has 0 fully saturated rings. The van der Waals surface area contributed by atoms with Crippen molar-refractivity contribution >= 4 is 40.7 Å². The Balaban J connectivity index is 2.89. The number of carbonyl (C=O) groups excluding carboxylic acids is 1. The van der Waals surface area contributed by atoms with Crippen molar-refractivity contribution in [3.05, 3.63) is 32.8 Å². The van der Waals surface area contributed by atoms with Crippen LogP contribution < -0.4 is 5.32 Å². The van der Waals surface area contributed by atoms with Crippen LogP contribution in [0, 0.1) is 5.41 Å². The summed E-state index contributed by atoms with van der Waals surface area (Å²) in [4.78, 5) is 12.0. The number of benzene rings is 1. The van der Waals surface area contributed by atoms with Crippen LogP contribution >= 0.6 is 34.8 Å². The zero-order chi connectivity index (χ0) is 13.9. The molecule has 1 amide bonds. The first-order chi connectivity index (χ1) is 8.28. The molecule has 3 nitrogen and oxygen atoms in total. The van der Waals surface area contributed by atoms with Gasteiger partial charge in [0.2, 0.25) is 0 Å². The number of nitrogens with one attached hydrogen (secondary N) is 1. The molecule has 0 aliphatic rings. The van der Waals surface area contributed by atoms with Gasteiger partial charge in [-0.05, 0) is 12.1 Å². The second kappa shape index (κ2) is 6.11. The lowest BCUT2D eigenvalue weighted by molar-refractivity contribution is 0.0911. The molecule has 0 spiro atoms. The highest BCUT2D eigenvalue weighted by molar-refractivity contribution is 6.46. The van der Waals surface area contributed by atoms with E-state index in [0.29, 0.717) is 6.54 Å². The molecule has 0 aliphatic heterocycles. The number of hydrogen-bond donors (Lipinski definition) is 2. The van der Waals surface area contributed by atoms with Gasteiger partial charge in [0, 0.05) is 18.6 Å². The smallest absolute Gasteiger partial charge is 0.254 e. The summed E-state index contributed by atoms with van der Waals surface area (Å²) in [5.41, 5.74) is -0.257. The summed E-state index contributed by atoms with van der Waals surface area (Å²) in [7, 11) is 0. The maximum absolute atomic E-state index is 12.0. The topological polar surface area (TPSA) is 49.3 Å². The van der Waals surface area contributed by atoms with Crippen LogP contribution in [0.5, 0.6) is 0 Å². The maximum Gasteiger partial charge on any atom is 0.254 e. The van der Waals surface area contributed by atoms with E-state index in [9.17, 15) is 4.79 Å². The van der Waals surface area contributed by atoms with E-state index in [-0.39, 0.29) is 27.2 Å². The summed E-state index contributed by atoms with van der Waals surface area (Å²) in [6.07, 6.45) is 0. The van der Waals surface area contributed by atoms with Crippen molar-refractivity contribution in [2.24, 2.45) is 5.41 Å². The SMILES string of the molecule is CC(C)(CO)CNC(=O)c1c(Cl)ccc(Cl)c1Cl. The maximum atomic E-state index is 12.0. The summed E-state index contributed by atoms with van der Waals surface area (Å²) in [5, 5.41) is 12.4. The summed E-state index contributed by atoms with van der Waals surface area (Å²) < 4.78 is 0. The van der Waals surface area contributed by atoms with E-state index in [2.05, 4.69) is 5.32 Å². The van der Waals surface area contributed by atoms with E-state index in [1.165, 1.54) is 12.1 Å². The van der Waals surface area contributed by atoms with E-state index >= 15 is 0 Å². The molecule has 0 unspecified atom stereocenters. The Bertz CT molecular complexity index is 461. The molecule has 2 N–H and O–H groups in total. The van der Waals surface area contributed by atoms with Crippen LogP contribution in [0.1, 0.15) is 24.2 Å². The van der Waals surface area contributed by atoms with E-state index in [1.54, 1.807) is 0 Å². The van der Waals surface area contributed by atoms with Crippen LogP contribution in [-0.2, 0) is 0 Å². The van der Waals surface area contributed by atoms with Crippen molar-refractivity contribution in [2.45, 2.75) is 13.8 Å². The molecule has 0 atom stereocenters. The molecule has 1 aromatic rings. The van der Waals surface area contributed by atoms with Gasteiger partial charge in [-0.25, -0.2) is 0 Å². The van der Waals surface area contributed by atoms with Crippen molar-refractivity contribution < 1.29 is 9.90 Å². The first kappa shape index (κ1) is 15.6. The third-order valence-corrected chi connectivity index (χ3v) is 3.55. The Morgan fingerprint density at radius 1 is 1.28 bits per heavy atom.